The Hall–Kier alpha value is -1.03. The molecule has 1 rings (SSSR count). The molecule has 0 amide bonds. The standard InChI is InChI=1S/C6H9NO3/c7-3-1-2-4(8)5(3)6(9)10/h4,8H,1-2,7H2,(H,9,10). The molecule has 0 fully saturated rings. The predicted octanol–water partition coefficient (Wildman–Crippen LogP) is -0.562. The van der Waals surface area contributed by atoms with Gasteiger partial charge in [-0.2, -0.15) is 0 Å². The molecule has 0 aromatic heterocycles. The third kappa shape index (κ3) is 0.974. The number of hydrogen-bond acceptors (Lipinski definition) is 3. The summed E-state index contributed by atoms with van der Waals surface area (Å²) in [5, 5.41) is 17.5. The van der Waals surface area contributed by atoms with Crippen molar-refractivity contribution in [1.29, 1.82) is 0 Å². The number of carboxylic acid groups (broad SMARTS) is 1. The van der Waals surface area contributed by atoms with Gasteiger partial charge in [-0.3, -0.25) is 0 Å². The molecule has 0 heterocycles. The van der Waals surface area contributed by atoms with Crippen molar-refractivity contribution >= 4 is 5.97 Å². The number of aliphatic carboxylic acids is 1. The van der Waals surface area contributed by atoms with Gasteiger partial charge in [-0.15, -0.1) is 0 Å². The Labute approximate surface area is 58.0 Å². The van der Waals surface area contributed by atoms with Crippen molar-refractivity contribution in [3.8, 4) is 0 Å². The van der Waals surface area contributed by atoms with Crippen LogP contribution in [0.1, 0.15) is 12.8 Å². The molecule has 56 valence electrons. The van der Waals surface area contributed by atoms with E-state index in [4.69, 9.17) is 15.9 Å². The van der Waals surface area contributed by atoms with Gasteiger partial charge in [0, 0.05) is 5.70 Å². The van der Waals surface area contributed by atoms with Crippen LogP contribution in [0.2, 0.25) is 0 Å². The molecule has 0 saturated heterocycles. The van der Waals surface area contributed by atoms with E-state index in [9.17, 15) is 4.79 Å². The molecule has 4 heteroatoms. The van der Waals surface area contributed by atoms with E-state index in [0.29, 0.717) is 18.5 Å². The lowest BCUT2D eigenvalue weighted by Gasteiger charge is -2.01. The molecular formula is C6H9NO3. The van der Waals surface area contributed by atoms with E-state index in [-0.39, 0.29) is 5.57 Å². The smallest absolute Gasteiger partial charge is 0.335 e. The summed E-state index contributed by atoms with van der Waals surface area (Å²) in [6.45, 7) is 0. The molecule has 0 radical (unpaired) electrons. The summed E-state index contributed by atoms with van der Waals surface area (Å²) in [4.78, 5) is 10.3. The van der Waals surface area contributed by atoms with Gasteiger partial charge in [-0.1, -0.05) is 0 Å². The van der Waals surface area contributed by atoms with Crippen LogP contribution in [0.4, 0.5) is 0 Å². The lowest BCUT2D eigenvalue weighted by atomic mass is 10.2. The highest BCUT2D eigenvalue weighted by atomic mass is 16.4. The van der Waals surface area contributed by atoms with Crippen molar-refractivity contribution in [1.82, 2.24) is 0 Å². The monoisotopic (exact) mass is 143 g/mol. The minimum absolute atomic E-state index is 0.0278. The number of allylic oxidation sites excluding steroid dienone is 1. The average molecular weight is 143 g/mol. The van der Waals surface area contributed by atoms with Crippen molar-refractivity contribution < 1.29 is 15.0 Å². The van der Waals surface area contributed by atoms with Crippen molar-refractivity contribution in [2.45, 2.75) is 18.9 Å². The minimum atomic E-state index is -1.11. The van der Waals surface area contributed by atoms with E-state index < -0.39 is 12.1 Å². The van der Waals surface area contributed by atoms with Crippen LogP contribution in [-0.4, -0.2) is 22.3 Å². The Morgan fingerprint density at radius 3 is 2.50 bits per heavy atom. The zero-order valence-electron chi connectivity index (χ0n) is 5.37. The molecule has 1 aliphatic carbocycles. The molecule has 1 aliphatic rings. The second-order valence-electron chi connectivity index (χ2n) is 2.30. The normalized spacial score (nSPS) is 25.5. The van der Waals surface area contributed by atoms with Gasteiger partial charge < -0.3 is 15.9 Å². The number of hydrogen-bond donors (Lipinski definition) is 3. The van der Waals surface area contributed by atoms with Crippen LogP contribution in [0.3, 0.4) is 0 Å². The Morgan fingerprint density at radius 2 is 2.30 bits per heavy atom. The second kappa shape index (κ2) is 2.30. The number of aliphatic hydroxyl groups is 1. The number of rotatable bonds is 1. The summed E-state index contributed by atoms with van der Waals surface area (Å²) >= 11 is 0. The quantitative estimate of drug-likeness (QED) is 0.459. The lowest BCUT2D eigenvalue weighted by molar-refractivity contribution is -0.133. The third-order valence-electron chi connectivity index (χ3n) is 1.60. The fourth-order valence-electron chi connectivity index (χ4n) is 1.07. The lowest BCUT2D eigenvalue weighted by Crippen LogP contribution is -2.15. The summed E-state index contributed by atoms with van der Waals surface area (Å²) in [6, 6.07) is 0. The van der Waals surface area contributed by atoms with Crippen molar-refractivity contribution in [2.75, 3.05) is 0 Å². The first-order valence-corrected chi connectivity index (χ1v) is 3.03. The first-order chi connectivity index (χ1) is 4.63. The van der Waals surface area contributed by atoms with Gasteiger partial charge >= 0.3 is 5.97 Å². The third-order valence-corrected chi connectivity index (χ3v) is 1.60. The maximum atomic E-state index is 10.3. The Morgan fingerprint density at radius 1 is 1.70 bits per heavy atom. The van der Waals surface area contributed by atoms with Crippen LogP contribution in [0.5, 0.6) is 0 Å². The minimum Gasteiger partial charge on any atom is -0.478 e. The molecule has 0 saturated carbocycles. The summed E-state index contributed by atoms with van der Waals surface area (Å²) in [5.74, 6) is -1.11. The summed E-state index contributed by atoms with van der Waals surface area (Å²) in [6.07, 6.45) is 0.0634. The molecule has 10 heavy (non-hydrogen) atoms. The van der Waals surface area contributed by atoms with Gasteiger partial charge in [0.1, 0.15) is 0 Å². The number of nitrogens with two attached hydrogens (primary N) is 1. The molecule has 4 N–H and O–H groups in total. The molecule has 0 aromatic rings. The van der Waals surface area contributed by atoms with Gasteiger partial charge in [0.2, 0.25) is 0 Å². The van der Waals surface area contributed by atoms with Gasteiger partial charge in [-0.25, -0.2) is 4.79 Å². The SMILES string of the molecule is NC1=C(C(=O)O)C(O)CC1. The van der Waals surface area contributed by atoms with Crippen LogP contribution in [0.25, 0.3) is 0 Å². The van der Waals surface area contributed by atoms with Crippen LogP contribution >= 0.6 is 0 Å². The summed E-state index contributed by atoms with van der Waals surface area (Å²) in [7, 11) is 0. The van der Waals surface area contributed by atoms with Crippen LogP contribution < -0.4 is 5.73 Å². The van der Waals surface area contributed by atoms with Crippen molar-refractivity contribution in [2.24, 2.45) is 5.73 Å². The fraction of sp³-hybridized carbons (Fsp3) is 0.500. The highest BCUT2D eigenvalue weighted by Crippen LogP contribution is 2.22. The predicted molar refractivity (Wildman–Crippen MR) is 34.1 cm³/mol. The second-order valence-corrected chi connectivity index (χ2v) is 2.30. The number of carboxylic acids is 1. The average Bonchev–Trinajstić information content (AvgIpc) is 2.11. The Bertz CT molecular complexity index is 197. The Kier molecular flexibility index (Phi) is 1.63. The maximum Gasteiger partial charge on any atom is 0.335 e. The molecule has 1 unspecified atom stereocenters. The largest absolute Gasteiger partial charge is 0.478 e. The molecule has 0 bridgehead atoms. The zero-order valence-corrected chi connectivity index (χ0v) is 5.37. The van der Waals surface area contributed by atoms with E-state index in [1.807, 2.05) is 0 Å². The van der Waals surface area contributed by atoms with Gasteiger partial charge in [0.15, 0.2) is 0 Å². The first kappa shape index (κ1) is 7.08. The molecule has 1 atom stereocenters. The van der Waals surface area contributed by atoms with Crippen LogP contribution in [0.15, 0.2) is 11.3 Å². The maximum absolute atomic E-state index is 10.3. The summed E-state index contributed by atoms with van der Waals surface area (Å²) < 4.78 is 0. The topological polar surface area (TPSA) is 83.6 Å². The van der Waals surface area contributed by atoms with E-state index in [0.717, 1.165) is 0 Å². The summed E-state index contributed by atoms with van der Waals surface area (Å²) in [5.41, 5.74) is 5.59. The highest BCUT2D eigenvalue weighted by Gasteiger charge is 2.26. The van der Waals surface area contributed by atoms with Crippen LogP contribution in [0, 0.1) is 0 Å². The first-order valence-electron chi connectivity index (χ1n) is 3.03. The molecule has 0 aromatic carbocycles. The van der Waals surface area contributed by atoms with E-state index in [1.54, 1.807) is 0 Å². The molecule has 4 nitrogen and oxygen atoms in total. The molecule has 0 spiro atoms. The van der Waals surface area contributed by atoms with Gasteiger partial charge in [0.25, 0.3) is 0 Å². The molecular weight excluding hydrogens is 134 g/mol. The van der Waals surface area contributed by atoms with Gasteiger partial charge in [0.05, 0.1) is 11.7 Å². The fourth-order valence-corrected chi connectivity index (χ4v) is 1.07. The van der Waals surface area contributed by atoms with Crippen molar-refractivity contribution in [3.05, 3.63) is 11.3 Å². The number of carbonyl (C=O) groups is 1. The zero-order chi connectivity index (χ0) is 7.72. The van der Waals surface area contributed by atoms with E-state index >= 15 is 0 Å². The Balaban J connectivity index is 2.88. The highest BCUT2D eigenvalue weighted by molar-refractivity contribution is 5.89. The van der Waals surface area contributed by atoms with Gasteiger partial charge in [-0.05, 0) is 12.8 Å². The van der Waals surface area contributed by atoms with Crippen LogP contribution in [-0.2, 0) is 4.79 Å². The number of aliphatic hydroxyl groups excluding tert-OH is 1. The van der Waals surface area contributed by atoms with Crippen molar-refractivity contribution in [3.63, 3.8) is 0 Å². The van der Waals surface area contributed by atoms with E-state index in [2.05, 4.69) is 0 Å². The molecule has 0 aliphatic heterocycles. The van der Waals surface area contributed by atoms with E-state index in [1.165, 1.54) is 0 Å².